The van der Waals surface area contributed by atoms with Crippen LogP contribution in [-0.2, 0) is 16.0 Å². The molecule has 2 aromatic carbocycles. The highest BCUT2D eigenvalue weighted by atomic mass is 16.5. The van der Waals surface area contributed by atoms with Crippen molar-refractivity contribution in [2.75, 3.05) is 11.5 Å². The Morgan fingerprint density at radius 3 is 2.38 bits per heavy atom. The Balaban J connectivity index is 1.77. The Hall–Kier alpha value is -3.14. The van der Waals surface area contributed by atoms with Crippen LogP contribution >= 0.6 is 0 Å². The second kappa shape index (κ2) is 8.78. The summed E-state index contributed by atoms with van der Waals surface area (Å²) < 4.78 is 5.60. The van der Waals surface area contributed by atoms with Crippen LogP contribution < -0.4 is 9.64 Å². The Morgan fingerprint density at radius 2 is 1.75 bits per heavy atom. The van der Waals surface area contributed by atoms with E-state index in [0.717, 1.165) is 34.7 Å². The molecule has 32 heavy (non-hydrogen) atoms. The largest absolute Gasteiger partial charge is 0.490 e. The third-order valence-electron chi connectivity index (χ3n) is 6.40. The number of rotatable bonds is 6. The molecule has 0 N–H and O–H groups in total. The first-order valence-electron chi connectivity index (χ1n) is 11.3. The molecule has 0 aromatic heterocycles. The van der Waals surface area contributed by atoms with Gasteiger partial charge < -0.3 is 4.74 Å². The molecule has 0 saturated carbocycles. The minimum absolute atomic E-state index is 0.0375. The number of nitrogens with zero attached hydrogens (tertiary/aromatic N) is 1. The number of aryl methyl sites for hydroxylation is 1. The molecule has 0 saturated heterocycles. The van der Waals surface area contributed by atoms with Gasteiger partial charge in [-0.2, -0.15) is 0 Å². The maximum atomic E-state index is 13.5. The summed E-state index contributed by atoms with van der Waals surface area (Å²) in [5.41, 5.74) is 4.53. The molecule has 4 heteroatoms. The van der Waals surface area contributed by atoms with Crippen molar-refractivity contribution < 1.29 is 14.3 Å². The second-order valence-corrected chi connectivity index (χ2v) is 9.48. The molecule has 4 nitrogen and oxygen atoms in total. The van der Waals surface area contributed by atoms with Crippen molar-refractivity contribution >= 4 is 17.4 Å². The summed E-state index contributed by atoms with van der Waals surface area (Å²) >= 11 is 0. The van der Waals surface area contributed by atoms with Crippen LogP contribution in [0.1, 0.15) is 57.1 Å². The zero-order chi connectivity index (χ0) is 22.9. The Labute approximate surface area is 190 Å². The molecule has 2 aromatic rings. The average molecular weight is 430 g/mol. The summed E-state index contributed by atoms with van der Waals surface area (Å²) in [6.45, 7) is 10.4. The Kier molecular flexibility index (Phi) is 6.05. The van der Waals surface area contributed by atoms with E-state index in [0.29, 0.717) is 19.4 Å². The molecule has 0 fully saturated rings. The monoisotopic (exact) mass is 429 g/mol. The number of carbonyl (C=O) groups excluding carboxylic acids is 2. The van der Waals surface area contributed by atoms with Crippen molar-refractivity contribution in [1.29, 1.82) is 0 Å². The summed E-state index contributed by atoms with van der Waals surface area (Å²) in [5.74, 6) is 0.714. The van der Waals surface area contributed by atoms with Gasteiger partial charge in [-0.05, 0) is 53.6 Å². The van der Waals surface area contributed by atoms with Crippen molar-refractivity contribution in [3.05, 3.63) is 83.6 Å². The van der Waals surface area contributed by atoms with Crippen LogP contribution in [0.5, 0.6) is 5.75 Å². The number of Topliss-reactive ketones (excluding diaryl/α,β-unsaturated/α-hetero) is 1. The fourth-order valence-corrected chi connectivity index (χ4v) is 4.83. The molecule has 1 amide bonds. The number of hydrogen-bond acceptors (Lipinski definition) is 3. The lowest BCUT2D eigenvalue weighted by atomic mass is 9.69. The van der Waals surface area contributed by atoms with E-state index in [1.165, 1.54) is 5.56 Å². The van der Waals surface area contributed by atoms with E-state index in [-0.39, 0.29) is 29.4 Å². The molecule has 1 unspecified atom stereocenters. The molecule has 0 radical (unpaired) electrons. The highest BCUT2D eigenvalue weighted by molar-refractivity contribution is 6.07. The predicted octanol–water partition coefficient (Wildman–Crippen LogP) is 5.98. The van der Waals surface area contributed by atoms with E-state index in [1.54, 1.807) is 11.0 Å². The van der Waals surface area contributed by atoms with E-state index in [9.17, 15) is 9.59 Å². The van der Waals surface area contributed by atoms with Crippen LogP contribution in [0.3, 0.4) is 0 Å². The zero-order valence-electron chi connectivity index (χ0n) is 19.2. The molecule has 4 rings (SSSR count). The first-order valence-corrected chi connectivity index (χ1v) is 11.3. The average Bonchev–Trinajstić information content (AvgIpc) is 2.77. The van der Waals surface area contributed by atoms with Gasteiger partial charge in [0.2, 0.25) is 5.91 Å². The lowest BCUT2D eigenvalue weighted by Gasteiger charge is -2.43. The van der Waals surface area contributed by atoms with Crippen LogP contribution in [0.25, 0.3) is 0 Å². The number of amides is 1. The minimum atomic E-state index is -0.222. The van der Waals surface area contributed by atoms with E-state index in [4.69, 9.17) is 4.74 Å². The lowest BCUT2D eigenvalue weighted by Crippen LogP contribution is -2.43. The Bertz CT molecular complexity index is 1060. The third kappa shape index (κ3) is 4.27. The first-order chi connectivity index (χ1) is 15.3. The Morgan fingerprint density at radius 1 is 1.06 bits per heavy atom. The van der Waals surface area contributed by atoms with Gasteiger partial charge in [0.15, 0.2) is 5.78 Å². The van der Waals surface area contributed by atoms with Gasteiger partial charge >= 0.3 is 0 Å². The van der Waals surface area contributed by atoms with Gasteiger partial charge in [0.25, 0.3) is 0 Å². The topological polar surface area (TPSA) is 46.6 Å². The zero-order valence-corrected chi connectivity index (χ0v) is 19.2. The summed E-state index contributed by atoms with van der Waals surface area (Å²) in [4.78, 5) is 28.6. The number of hydrogen-bond donors (Lipinski definition) is 0. The summed E-state index contributed by atoms with van der Waals surface area (Å²) in [6, 6.07) is 15.9. The fraction of sp³-hybridized carbons (Fsp3) is 0.357. The van der Waals surface area contributed by atoms with E-state index < -0.39 is 0 Å². The molecule has 1 heterocycles. The molecule has 1 atom stereocenters. The first kappa shape index (κ1) is 22.1. The van der Waals surface area contributed by atoms with Gasteiger partial charge in [-0.3, -0.25) is 14.5 Å². The number of ether oxygens (including phenoxy) is 1. The standard InChI is InChI=1S/C28H31NO3/c1-5-15-32-22-13-9-20(10-14-22)23-16-26(31)29(21-11-7-19(6-2)8-12-21)24-17-28(3,4)18-25(30)27(23)24/h5,7-14,23H,1,6,15-18H2,2-4H3. The van der Waals surface area contributed by atoms with Crippen LogP contribution in [-0.4, -0.2) is 18.3 Å². The van der Waals surface area contributed by atoms with Crippen molar-refractivity contribution in [2.24, 2.45) is 5.41 Å². The maximum Gasteiger partial charge on any atom is 0.232 e. The molecule has 2 aliphatic rings. The fourth-order valence-electron chi connectivity index (χ4n) is 4.83. The smallest absolute Gasteiger partial charge is 0.232 e. The van der Waals surface area contributed by atoms with Crippen LogP contribution in [0.4, 0.5) is 5.69 Å². The predicted molar refractivity (Wildman–Crippen MR) is 128 cm³/mol. The third-order valence-corrected chi connectivity index (χ3v) is 6.40. The number of carbonyl (C=O) groups is 2. The highest BCUT2D eigenvalue weighted by Gasteiger charge is 2.44. The number of allylic oxidation sites excluding steroid dienone is 2. The minimum Gasteiger partial charge on any atom is -0.490 e. The maximum absolute atomic E-state index is 13.5. The van der Waals surface area contributed by atoms with Crippen LogP contribution in [0, 0.1) is 5.41 Å². The van der Waals surface area contributed by atoms with Crippen molar-refractivity contribution in [2.45, 2.75) is 52.4 Å². The molecule has 0 spiro atoms. The van der Waals surface area contributed by atoms with Crippen LogP contribution in [0.2, 0.25) is 0 Å². The summed E-state index contributed by atoms with van der Waals surface area (Å²) in [6.07, 6.45) is 4.14. The van der Waals surface area contributed by atoms with Crippen molar-refractivity contribution in [3.8, 4) is 5.75 Å². The molecule has 1 aliphatic carbocycles. The van der Waals surface area contributed by atoms with E-state index >= 15 is 0 Å². The highest BCUT2D eigenvalue weighted by Crippen LogP contribution is 2.48. The normalized spacial score (nSPS) is 20.2. The van der Waals surface area contributed by atoms with Gasteiger partial charge in [-0.15, -0.1) is 0 Å². The molecule has 1 aliphatic heterocycles. The number of benzene rings is 2. The van der Waals surface area contributed by atoms with Crippen LogP contribution in [0.15, 0.2) is 72.5 Å². The second-order valence-electron chi connectivity index (χ2n) is 9.48. The van der Waals surface area contributed by atoms with Gasteiger partial charge in [0, 0.05) is 35.7 Å². The van der Waals surface area contributed by atoms with Crippen molar-refractivity contribution in [1.82, 2.24) is 0 Å². The van der Waals surface area contributed by atoms with Gasteiger partial charge in [0.1, 0.15) is 12.4 Å². The number of anilines is 1. The van der Waals surface area contributed by atoms with Gasteiger partial charge in [0.05, 0.1) is 0 Å². The number of ketones is 1. The van der Waals surface area contributed by atoms with Crippen molar-refractivity contribution in [3.63, 3.8) is 0 Å². The van der Waals surface area contributed by atoms with Gasteiger partial charge in [-0.1, -0.05) is 57.7 Å². The van der Waals surface area contributed by atoms with E-state index in [2.05, 4.69) is 39.5 Å². The molecule has 0 bridgehead atoms. The molecular weight excluding hydrogens is 398 g/mol. The van der Waals surface area contributed by atoms with Gasteiger partial charge in [-0.25, -0.2) is 0 Å². The summed E-state index contributed by atoms with van der Waals surface area (Å²) in [5, 5.41) is 0. The molecular formula is C28H31NO3. The lowest BCUT2D eigenvalue weighted by molar-refractivity contribution is -0.121. The quantitative estimate of drug-likeness (QED) is 0.531. The van der Waals surface area contributed by atoms with E-state index in [1.807, 2.05) is 36.4 Å². The summed E-state index contributed by atoms with van der Waals surface area (Å²) in [7, 11) is 0. The SMILES string of the molecule is C=CCOc1ccc(C2CC(=O)N(c3ccc(CC)cc3)C3=C2C(=O)CC(C)(C)C3)cc1. The molecule has 166 valence electrons.